The van der Waals surface area contributed by atoms with Crippen molar-refractivity contribution in [2.24, 2.45) is 0 Å². The molecule has 0 radical (unpaired) electrons. The normalized spacial score (nSPS) is 15.2. The van der Waals surface area contributed by atoms with Gasteiger partial charge in [0.15, 0.2) is 0 Å². The second-order valence-electron chi connectivity index (χ2n) is 3.13. The van der Waals surface area contributed by atoms with Gasteiger partial charge in [0.1, 0.15) is 0 Å². The molecule has 1 heteroatoms. The third-order valence-corrected chi connectivity index (χ3v) is 2.06. The molecule has 1 nitrogen and oxygen atoms in total. The third kappa shape index (κ3) is 2.22. The average molecular weight is 173 g/mol. The van der Waals surface area contributed by atoms with Crippen LogP contribution >= 0.6 is 0 Å². The van der Waals surface area contributed by atoms with Crippen molar-refractivity contribution in [1.29, 1.82) is 0 Å². The molecular formula is C12H15N. The number of hydrogen-bond donors (Lipinski definition) is 1. The maximum absolute atomic E-state index is 3.36. The standard InChI is InChI=1S/C12H13N.H2/c1-3-7-11(8-4-1)13-12-9-5-2-6-10-12;/h1,3-5,7-10,13H,2,6H2;1H. The van der Waals surface area contributed by atoms with Crippen LogP contribution in [0.2, 0.25) is 0 Å². The highest BCUT2D eigenvalue weighted by atomic mass is 14.9. The van der Waals surface area contributed by atoms with E-state index >= 15 is 0 Å². The summed E-state index contributed by atoms with van der Waals surface area (Å²) in [6, 6.07) is 10.2. The van der Waals surface area contributed by atoms with E-state index in [2.05, 4.69) is 35.7 Å². The molecule has 13 heavy (non-hydrogen) atoms. The zero-order valence-corrected chi connectivity index (χ0v) is 7.53. The predicted octanol–water partition coefficient (Wildman–Crippen LogP) is 3.58. The second kappa shape index (κ2) is 3.94. The zero-order chi connectivity index (χ0) is 8.93. The van der Waals surface area contributed by atoms with Gasteiger partial charge in [0, 0.05) is 12.8 Å². The Balaban J connectivity index is 0.000000980. The summed E-state index contributed by atoms with van der Waals surface area (Å²) in [5.41, 5.74) is 2.36. The monoisotopic (exact) mass is 173 g/mol. The van der Waals surface area contributed by atoms with Crippen LogP contribution < -0.4 is 5.32 Å². The number of nitrogens with one attached hydrogen (secondary N) is 1. The minimum Gasteiger partial charge on any atom is -0.356 e. The zero-order valence-electron chi connectivity index (χ0n) is 7.53. The summed E-state index contributed by atoms with van der Waals surface area (Å²) in [6.45, 7) is 0. The van der Waals surface area contributed by atoms with Gasteiger partial charge < -0.3 is 5.32 Å². The number of hydrogen-bond acceptors (Lipinski definition) is 1. The summed E-state index contributed by atoms with van der Waals surface area (Å²) in [6.07, 6.45) is 8.88. The molecule has 0 amide bonds. The number of allylic oxidation sites excluding steroid dienone is 3. The van der Waals surface area contributed by atoms with Crippen LogP contribution in [0.15, 0.2) is 54.3 Å². The fourth-order valence-electron chi connectivity index (χ4n) is 1.39. The van der Waals surface area contributed by atoms with Gasteiger partial charge in [0.2, 0.25) is 0 Å². The highest BCUT2D eigenvalue weighted by Gasteiger charge is 1.96. The Morgan fingerprint density at radius 1 is 1.08 bits per heavy atom. The molecule has 1 aromatic rings. The lowest BCUT2D eigenvalue weighted by Crippen LogP contribution is -1.98. The molecule has 0 bridgehead atoms. The molecule has 68 valence electrons. The molecule has 0 fully saturated rings. The lowest BCUT2D eigenvalue weighted by Gasteiger charge is -2.09. The number of anilines is 1. The Hall–Kier alpha value is -1.50. The molecular weight excluding hydrogens is 158 g/mol. The molecule has 1 aliphatic rings. The van der Waals surface area contributed by atoms with Crippen molar-refractivity contribution < 1.29 is 1.43 Å². The van der Waals surface area contributed by atoms with Crippen LogP contribution in [0.3, 0.4) is 0 Å². The molecule has 0 atom stereocenters. The number of benzene rings is 1. The molecule has 0 saturated carbocycles. The smallest absolute Gasteiger partial charge is 0.0384 e. The van der Waals surface area contributed by atoms with Gasteiger partial charge in [-0.05, 0) is 31.1 Å². The van der Waals surface area contributed by atoms with Crippen LogP contribution in [-0.2, 0) is 0 Å². The van der Waals surface area contributed by atoms with Gasteiger partial charge in [-0.15, -0.1) is 0 Å². The molecule has 0 aliphatic heterocycles. The van der Waals surface area contributed by atoms with E-state index in [-0.39, 0.29) is 1.43 Å². The van der Waals surface area contributed by atoms with Gasteiger partial charge in [-0.3, -0.25) is 0 Å². The van der Waals surface area contributed by atoms with Crippen LogP contribution in [0.4, 0.5) is 5.69 Å². The molecule has 1 aliphatic carbocycles. The van der Waals surface area contributed by atoms with Crippen molar-refractivity contribution in [1.82, 2.24) is 0 Å². The van der Waals surface area contributed by atoms with Crippen molar-refractivity contribution in [3.05, 3.63) is 54.3 Å². The minimum atomic E-state index is 0. The minimum absolute atomic E-state index is 0. The highest BCUT2D eigenvalue weighted by molar-refractivity contribution is 5.50. The van der Waals surface area contributed by atoms with E-state index in [1.165, 1.54) is 12.1 Å². The van der Waals surface area contributed by atoms with E-state index in [0.29, 0.717) is 0 Å². The molecule has 1 N–H and O–H groups in total. The summed E-state index contributed by atoms with van der Waals surface area (Å²) in [7, 11) is 0. The van der Waals surface area contributed by atoms with Crippen LogP contribution in [0, 0.1) is 0 Å². The Morgan fingerprint density at radius 2 is 1.92 bits per heavy atom. The van der Waals surface area contributed by atoms with Crippen molar-refractivity contribution in [3.63, 3.8) is 0 Å². The number of rotatable bonds is 2. The summed E-state index contributed by atoms with van der Waals surface area (Å²) in [5.74, 6) is 0. The van der Waals surface area contributed by atoms with Crippen molar-refractivity contribution in [2.45, 2.75) is 12.8 Å². The first-order valence-electron chi connectivity index (χ1n) is 4.64. The van der Waals surface area contributed by atoms with Crippen LogP contribution in [0.25, 0.3) is 0 Å². The second-order valence-corrected chi connectivity index (χ2v) is 3.13. The van der Waals surface area contributed by atoms with E-state index < -0.39 is 0 Å². The molecule has 2 rings (SSSR count). The van der Waals surface area contributed by atoms with Gasteiger partial charge in [0.05, 0.1) is 0 Å². The molecule has 0 saturated heterocycles. The Morgan fingerprint density at radius 3 is 2.62 bits per heavy atom. The fourth-order valence-corrected chi connectivity index (χ4v) is 1.39. The van der Waals surface area contributed by atoms with Gasteiger partial charge >= 0.3 is 0 Å². The van der Waals surface area contributed by atoms with Gasteiger partial charge in [-0.1, -0.05) is 30.4 Å². The maximum Gasteiger partial charge on any atom is 0.0384 e. The first kappa shape index (κ1) is 8.11. The maximum atomic E-state index is 3.36. The first-order valence-corrected chi connectivity index (χ1v) is 4.64. The van der Waals surface area contributed by atoms with E-state index in [1.54, 1.807) is 0 Å². The van der Waals surface area contributed by atoms with Crippen LogP contribution in [0.1, 0.15) is 14.3 Å². The van der Waals surface area contributed by atoms with Crippen molar-refractivity contribution in [2.75, 3.05) is 5.32 Å². The lowest BCUT2D eigenvalue weighted by atomic mass is 10.1. The molecule has 0 spiro atoms. The van der Waals surface area contributed by atoms with E-state index in [1.807, 2.05) is 18.2 Å². The van der Waals surface area contributed by atoms with Crippen molar-refractivity contribution in [3.8, 4) is 0 Å². The average Bonchev–Trinajstić information content (AvgIpc) is 2.21. The third-order valence-electron chi connectivity index (χ3n) is 2.06. The van der Waals surface area contributed by atoms with Gasteiger partial charge in [-0.25, -0.2) is 0 Å². The van der Waals surface area contributed by atoms with Crippen LogP contribution in [-0.4, -0.2) is 0 Å². The summed E-state index contributed by atoms with van der Waals surface area (Å²) in [4.78, 5) is 0. The van der Waals surface area contributed by atoms with Gasteiger partial charge in [0.25, 0.3) is 0 Å². The SMILES string of the molecule is C1=CC(Nc2ccccc2)=CCC1.[HH]. The topological polar surface area (TPSA) is 12.0 Å². The largest absolute Gasteiger partial charge is 0.356 e. The highest BCUT2D eigenvalue weighted by Crippen LogP contribution is 2.14. The molecule has 1 aromatic carbocycles. The fraction of sp³-hybridized carbons (Fsp3) is 0.167. The predicted molar refractivity (Wildman–Crippen MR) is 58.6 cm³/mol. The van der Waals surface area contributed by atoms with E-state index in [4.69, 9.17) is 0 Å². The number of para-hydroxylation sites is 1. The molecule has 0 heterocycles. The molecule has 0 unspecified atom stereocenters. The Bertz CT molecular complexity index is 327. The first-order chi connectivity index (χ1) is 6.45. The summed E-state index contributed by atoms with van der Waals surface area (Å²) >= 11 is 0. The van der Waals surface area contributed by atoms with E-state index in [9.17, 15) is 0 Å². The van der Waals surface area contributed by atoms with Crippen LogP contribution in [0.5, 0.6) is 0 Å². The van der Waals surface area contributed by atoms with Crippen molar-refractivity contribution >= 4 is 5.69 Å². The Labute approximate surface area is 80.3 Å². The Kier molecular flexibility index (Phi) is 2.46. The summed E-state index contributed by atoms with van der Waals surface area (Å²) in [5, 5.41) is 3.36. The lowest BCUT2D eigenvalue weighted by molar-refractivity contribution is 1.02. The quantitative estimate of drug-likeness (QED) is 0.720. The van der Waals surface area contributed by atoms with Gasteiger partial charge in [-0.2, -0.15) is 0 Å². The summed E-state index contributed by atoms with van der Waals surface area (Å²) < 4.78 is 0. The van der Waals surface area contributed by atoms with E-state index in [0.717, 1.165) is 12.1 Å². The molecule has 0 aromatic heterocycles.